The Hall–Kier alpha value is -8.47. The van der Waals surface area contributed by atoms with Crippen LogP contribution in [0.3, 0.4) is 0 Å². The fourth-order valence-corrected chi connectivity index (χ4v) is 27.3. The molecule has 0 aliphatic carbocycles. The Morgan fingerprint density at radius 1 is 0.219 bits per heavy atom. The SMILES string of the molecule is O=S(=O)(OI(c1ccc(-c2ccc(S(OS(=O)(=O)c3c(F)c(F)c(F)c(F)c3F)(c3ccccc3)c3ccccc3)cc2)cc1)c1ccc(-c2ccc(S(OS(=O)(=O)c3c(F)c(F)c(F)c(F)c3F)(c3ccccc3)c3ccccc3)cc2)cc1)c1c(F)c(F)c(F)c(F)c1F. The topological polar surface area (TPSA) is 130 Å². The molecule has 96 heavy (non-hydrogen) atoms. The van der Waals surface area contributed by atoms with Crippen LogP contribution in [0.1, 0.15) is 0 Å². The fraction of sp³-hybridized carbons (Fsp3) is 0. The van der Waals surface area contributed by atoms with E-state index in [1.807, 2.05) is 0 Å². The number of rotatable bonds is 19. The average Bonchev–Trinajstić information content (AvgIpc) is 0.723. The van der Waals surface area contributed by atoms with Crippen LogP contribution in [0.5, 0.6) is 0 Å². The van der Waals surface area contributed by atoms with Gasteiger partial charge in [0.05, 0.1) is 0 Å². The Balaban J connectivity index is 0.975. The molecule has 0 saturated carbocycles. The molecule has 9 nitrogen and oxygen atoms in total. The predicted octanol–water partition coefficient (Wildman–Crippen LogP) is 19.2. The van der Waals surface area contributed by atoms with Gasteiger partial charge in [0.1, 0.15) is 0 Å². The molecule has 0 bridgehead atoms. The summed E-state index contributed by atoms with van der Waals surface area (Å²) in [6.07, 6.45) is 0. The fourth-order valence-electron chi connectivity index (χ4n) is 9.76. The van der Waals surface area contributed by atoms with E-state index in [1.54, 1.807) is 0 Å². The van der Waals surface area contributed by atoms with Crippen molar-refractivity contribution in [1.82, 2.24) is 0 Å². The van der Waals surface area contributed by atoms with Gasteiger partial charge in [0, 0.05) is 0 Å². The van der Waals surface area contributed by atoms with Crippen molar-refractivity contribution >= 4 is 71.2 Å². The van der Waals surface area contributed by atoms with Crippen molar-refractivity contribution in [3.63, 3.8) is 0 Å². The molecule has 0 fully saturated rings. The van der Waals surface area contributed by atoms with E-state index >= 15 is 26.3 Å². The van der Waals surface area contributed by atoms with Crippen molar-refractivity contribution in [2.24, 2.45) is 0 Å². The van der Waals surface area contributed by atoms with Crippen LogP contribution in [-0.2, 0) is 40.1 Å². The van der Waals surface area contributed by atoms with Crippen molar-refractivity contribution < 1.29 is 101 Å². The molecule has 0 aliphatic rings. The Labute approximate surface area is 547 Å². The molecule has 0 radical (unpaired) electrons. The Bertz CT molecular complexity index is 4740. The summed E-state index contributed by atoms with van der Waals surface area (Å²) in [5.41, 5.74) is 1.19. The van der Waals surface area contributed by atoms with Gasteiger partial charge >= 0.3 is 425 Å². The summed E-state index contributed by atoms with van der Waals surface area (Å²) in [6.45, 7) is 0. The summed E-state index contributed by atoms with van der Waals surface area (Å²) in [5, 5.41) is 0. The van der Waals surface area contributed by atoms with Gasteiger partial charge in [-0.05, 0) is 0 Å². The second-order valence-corrected chi connectivity index (χ2v) is 35.1. The Kier molecular flexibility index (Phi) is 19.3. The number of benzene rings is 11. The van der Waals surface area contributed by atoms with E-state index in [9.17, 15) is 64.8 Å². The maximum atomic E-state index is 15.3. The van der Waals surface area contributed by atoms with Gasteiger partial charge < -0.3 is 0 Å². The molecule has 0 aromatic heterocycles. The van der Waals surface area contributed by atoms with E-state index in [-0.39, 0.29) is 36.5 Å². The van der Waals surface area contributed by atoms with Crippen LogP contribution < -0.4 is 0 Å². The number of hydrogen-bond donors (Lipinski definition) is 0. The van der Waals surface area contributed by atoms with Gasteiger partial charge in [-0.15, -0.1) is 0 Å². The molecule has 0 atom stereocenters. The zero-order valence-electron chi connectivity index (χ0n) is 47.5. The van der Waals surface area contributed by atoms with Crippen LogP contribution in [0, 0.1) is 94.4 Å². The first-order chi connectivity index (χ1) is 45.6. The van der Waals surface area contributed by atoms with Crippen molar-refractivity contribution in [3.8, 4) is 22.3 Å². The van der Waals surface area contributed by atoms with Crippen LogP contribution in [0.15, 0.2) is 262 Å². The van der Waals surface area contributed by atoms with E-state index in [0.717, 1.165) is 0 Å². The predicted molar refractivity (Wildman–Crippen MR) is 329 cm³/mol. The Morgan fingerprint density at radius 2 is 0.406 bits per heavy atom. The van der Waals surface area contributed by atoms with Crippen LogP contribution in [0.4, 0.5) is 65.9 Å². The van der Waals surface area contributed by atoms with Crippen molar-refractivity contribution in [3.05, 3.63) is 313 Å². The zero-order valence-corrected chi connectivity index (χ0v) is 53.8. The average molecular weight is 1550 g/mol. The van der Waals surface area contributed by atoms with Crippen molar-refractivity contribution in [2.75, 3.05) is 0 Å². The monoisotopic (exact) mass is 1540 g/mol. The standard InChI is InChI=1S/C66H36F15IO9S5/c67-49-52(70)58(76)64(59(77)53(49)71)94(83,84)89-82(41-29-21-37(22-30-41)39-25-33-47(34-26-39)92(43-13-5-1-6-14-43,44-15-7-2-8-16-44)90-95(85,86)65-60(78)54(72)50(68)55(73)61(65)79)42-31-23-38(24-32-42)40-27-35-48(36-28-40)93(45-17-9-3-10-18-45,46-19-11-4-12-20-46)91-96(87,88)66-62(80)56(74)51(69)57(75)63(66)81/h1-36H. The van der Waals surface area contributed by atoms with Crippen molar-refractivity contribution in [2.45, 2.75) is 44.1 Å². The number of hydrogen-bond acceptors (Lipinski definition) is 9. The second kappa shape index (κ2) is 26.9. The van der Waals surface area contributed by atoms with Gasteiger partial charge in [0.15, 0.2) is 46.5 Å². The first-order valence-electron chi connectivity index (χ1n) is 27.0. The van der Waals surface area contributed by atoms with E-state index in [4.69, 9.17) is 9.77 Å². The van der Waals surface area contributed by atoms with Gasteiger partial charge in [-0.1, -0.05) is 24.3 Å². The van der Waals surface area contributed by atoms with Crippen LogP contribution >= 0.6 is 40.9 Å². The molecule has 0 N–H and O–H groups in total. The van der Waals surface area contributed by atoms with E-state index < -0.39 is 173 Å². The van der Waals surface area contributed by atoms with Gasteiger partial charge in [-0.2, -0.15) is 0 Å². The second-order valence-electron chi connectivity index (χ2n) is 19.9. The van der Waals surface area contributed by atoms with Gasteiger partial charge in [0.25, 0.3) is 0 Å². The molecular weight excluding hydrogens is 1510 g/mol. The molecule has 30 heteroatoms. The molecule has 0 saturated heterocycles. The number of halogens is 16. The molecule has 0 aliphatic heterocycles. The van der Waals surface area contributed by atoms with Gasteiger partial charge in [0.2, 0.25) is 11.6 Å². The summed E-state index contributed by atoms with van der Waals surface area (Å²) < 4.78 is 324. The maximum absolute atomic E-state index is 15.3. The van der Waals surface area contributed by atoms with Crippen LogP contribution in [0.2, 0.25) is 0 Å². The third-order valence-corrected chi connectivity index (χ3v) is 32.0. The molecule has 11 aromatic carbocycles. The molecule has 11 rings (SSSR count). The molecule has 0 spiro atoms. The first kappa shape index (κ1) is 68.9. The van der Waals surface area contributed by atoms with E-state index in [0.29, 0.717) is 22.3 Å². The van der Waals surface area contributed by atoms with E-state index in [2.05, 4.69) is 0 Å². The van der Waals surface area contributed by atoms with Crippen LogP contribution in [-0.4, -0.2) is 25.3 Å². The summed E-state index contributed by atoms with van der Waals surface area (Å²) in [5.74, 6) is -39.6. The Morgan fingerprint density at radius 3 is 0.635 bits per heavy atom. The zero-order chi connectivity index (χ0) is 69.0. The molecule has 0 heterocycles. The van der Waals surface area contributed by atoms with Crippen LogP contribution in [0.25, 0.3) is 22.3 Å². The quantitative estimate of drug-likeness (QED) is 0.0336. The molecule has 0 unspecified atom stereocenters. The summed E-state index contributed by atoms with van der Waals surface area (Å²) in [7, 11) is -25.4. The third-order valence-electron chi connectivity index (χ3n) is 14.2. The van der Waals surface area contributed by atoms with Crippen molar-refractivity contribution in [1.29, 1.82) is 0 Å². The molecule has 0 amide bonds. The summed E-state index contributed by atoms with van der Waals surface area (Å²) in [4.78, 5) is -6.65. The van der Waals surface area contributed by atoms with Gasteiger partial charge in [-0.3, -0.25) is 0 Å². The van der Waals surface area contributed by atoms with E-state index in [1.165, 1.54) is 218 Å². The molecule has 496 valence electrons. The minimum atomic E-state index is -5.95. The minimum absolute atomic E-state index is 0.00515. The first-order valence-corrected chi connectivity index (χ1v) is 37.3. The normalized spacial score (nSPS) is 12.8. The third kappa shape index (κ3) is 12.3. The molecular formula is C66H36F15IO9S5. The molecule has 11 aromatic rings. The summed E-state index contributed by atoms with van der Waals surface area (Å²) >= 11 is -4.29. The summed E-state index contributed by atoms with van der Waals surface area (Å²) in [6, 6.07) is 50.9. The van der Waals surface area contributed by atoms with Gasteiger partial charge in [-0.25, -0.2) is 43.9 Å².